The van der Waals surface area contributed by atoms with Crippen molar-refractivity contribution in [3.8, 4) is 22.2 Å². The fraction of sp³-hybridized carbons (Fsp3) is 0.485. The van der Waals surface area contributed by atoms with Gasteiger partial charge in [-0.05, 0) is 50.7 Å². The number of thiazole rings is 1. The number of methoxy groups -OCH3 is 1. The maximum atomic E-state index is 13.5. The highest BCUT2D eigenvalue weighted by atomic mass is 32.1. The molecule has 3 atom stereocenters. The zero-order chi connectivity index (χ0) is 32.3. The van der Waals surface area contributed by atoms with Crippen LogP contribution in [0, 0.1) is 12.8 Å². The number of carboxylic acid groups (broad SMARTS) is 1. The Morgan fingerprint density at radius 3 is 2.73 bits per heavy atom. The van der Waals surface area contributed by atoms with Gasteiger partial charge in [0, 0.05) is 48.3 Å². The van der Waals surface area contributed by atoms with Gasteiger partial charge in [-0.1, -0.05) is 26.0 Å². The third kappa shape index (κ3) is 6.90. The van der Waals surface area contributed by atoms with Crippen molar-refractivity contribution < 1.29 is 29.0 Å². The first-order valence-corrected chi connectivity index (χ1v) is 16.2. The highest BCUT2D eigenvalue weighted by Gasteiger charge is 2.60. The van der Waals surface area contributed by atoms with Gasteiger partial charge < -0.3 is 30.1 Å². The van der Waals surface area contributed by atoms with Crippen molar-refractivity contribution in [2.45, 2.75) is 70.4 Å². The number of urea groups is 1. The Morgan fingerprint density at radius 1 is 1.22 bits per heavy atom. The molecule has 1 aliphatic heterocycles. The van der Waals surface area contributed by atoms with E-state index >= 15 is 0 Å². The van der Waals surface area contributed by atoms with E-state index in [2.05, 4.69) is 24.5 Å². The minimum atomic E-state index is -1.37. The van der Waals surface area contributed by atoms with Crippen LogP contribution in [-0.2, 0) is 9.59 Å². The molecule has 0 radical (unpaired) electrons. The zero-order valence-corrected chi connectivity index (χ0v) is 27.2. The molecule has 2 aromatic heterocycles. The third-order valence-electron chi connectivity index (χ3n) is 8.55. The Labute approximate surface area is 267 Å². The van der Waals surface area contributed by atoms with E-state index in [0.717, 1.165) is 40.9 Å². The number of fused-ring (bicyclic) bond motifs is 2. The number of nitrogens with one attached hydrogen (secondary N) is 2. The number of carboxylic acids is 1. The van der Waals surface area contributed by atoms with E-state index < -0.39 is 29.5 Å². The molecule has 5 rings (SSSR count). The lowest BCUT2D eigenvalue weighted by Gasteiger charge is -2.25. The summed E-state index contributed by atoms with van der Waals surface area (Å²) in [5.41, 5.74) is 1.84. The topological polar surface area (TPSA) is 143 Å². The number of benzene rings is 1. The highest BCUT2D eigenvalue weighted by molar-refractivity contribution is 7.13. The average Bonchev–Trinajstić information content (AvgIpc) is 3.47. The van der Waals surface area contributed by atoms with Gasteiger partial charge in [-0.2, -0.15) is 0 Å². The number of aromatic nitrogens is 2. The second-order valence-electron chi connectivity index (χ2n) is 12.1. The lowest BCUT2D eigenvalue weighted by molar-refractivity contribution is -0.143. The highest BCUT2D eigenvalue weighted by Crippen LogP contribution is 2.45. The van der Waals surface area contributed by atoms with E-state index in [1.54, 1.807) is 19.1 Å². The average molecular weight is 636 g/mol. The molecular formula is C33H41N5O6S. The molecule has 3 N–H and O–H groups in total. The van der Waals surface area contributed by atoms with Gasteiger partial charge in [-0.15, -0.1) is 11.3 Å². The number of hydrogen-bond acceptors (Lipinski definition) is 8. The molecule has 12 heteroatoms. The molecule has 45 heavy (non-hydrogen) atoms. The van der Waals surface area contributed by atoms with E-state index in [-0.39, 0.29) is 24.9 Å². The molecule has 3 heterocycles. The second-order valence-corrected chi connectivity index (χ2v) is 12.9. The number of pyridine rings is 1. The Balaban J connectivity index is 1.42. The van der Waals surface area contributed by atoms with Crippen molar-refractivity contribution in [1.29, 1.82) is 0 Å². The van der Waals surface area contributed by atoms with Crippen LogP contribution in [0.4, 0.5) is 4.79 Å². The Morgan fingerprint density at radius 2 is 2.02 bits per heavy atom. The summed E-state index contributed by atoms with van der Waals surface area (Å²) in [5.74, 6) is -0.400. The van der Waals surface area contributed by atoms with Crippen molar-refractivity contribution in [2.75, 3.05) is 27.3 Å². The van der Waals surface area contributed by atoms with Gasteiger partial charge in [0.05, 0.1) is 24.9 Å². The molecule has 240 valence electrons. The standard InChI is InChI=1S/C33H41N5O6S/c1-19(2)25-18-45-30(35-25)24-16-27(22-11-12-26(43-5)20(3)28(22)34-24)44-15-13-23-29(39)37-33(31(40)41)17-21(33)10-8-6-7-9-14-38(4)32(42)36-23/h8,10-12,16,18-19,21,23H,6-7,9,13-15,17H2,1-5H3,(H,36,42)(H,37,39)(H,40,41)/b10-8-/t21-,23+,33-/m1/s1. The van der Waals surface area contributed by atoms with Gasteiger partial charge in [0.15, 0.2) is 0 Å². The predicted molar refractivity (Wildman–Crippen MR) is 173 cm³/mol. The Hall–Kier alpha value is -4.19. The van der Waals surface area contributed by atoms with Crippen LogP contribution in [0.5, 0.6) is 11.5 Å². The third-order valence-corrected chi connectivity index (χ3v) is 9.43. The molecule has 3 amide bonds. The van der Waals surface area contributed by atoms with Crippen molar-refractivity contribution in [2.24, 2.45) is 5.92 Å². The van der Waals surface area contributed by atoms with Crippen molar-refractivity contribution in [3.05, 3.63) is 47.0 Å². The van der Waals surface area contributed by atoms with E-state index in [9.17, 15) is 19.5 Å². The fourth-order valence-electron chi connectivity index (χ4n) is 5.56. The number of carbonyl (C=O) groups is 3. The predicted octanol–water partition coefficient (Wildman–Crippen LogP) is 5.28. The number of ether oxygens (including phenoxy) is 2. The number of nitrogens with zero attached hydrogens (tertiary/aromatic N) is 3. The fourth-order valence-corrected chi connectivity index (χ4v) is 6.50. The molecule has 0 spiro atoms. The van der Waals surface area contributed by atoms with Crippen LogP contribution in [0.1, 0.15) is 63.1 Å². The number of carbonyl (C=O) groups excluding carboxylic acids is 2. The number of aryl methyl sites for hydroxylation is 1. The summed E-state index contributed by atoms with van der Waals surface area (Å²) in [6.45, 7) is 6.73. The molecule has 1 aliphatic carbocycles. The molecule has 2 aliphatic rings. The number of rotatable bonds is 8. The van der Waals surface area contributed by atoms with Crippen LogP contribution in [0.2, 0.25) is 0 Å². The molecule has 0 saturated heterocycles. The number of aliphatic carboxylic acids is 1. The van der Waals surface area contributed by atoms with Gasteiger partial charge in [-0.25, -0.2) is 19.6 Å². The molecule has 1 fully saturated rings. The normalized spacial score (nSPS) is 23.1. The molecule has 3 aromatic rings. The van der Waals surface area contributed by atoms with Gasteiger partial charge >= 0.3 is 12.0 Å². The van der Waals surface area contributed by atoms with E-state index in [0.29, 0.717) is 35.7 Å². The first-order chi connectivity index (χ1) is 21.5. The SMILES string of the molecule is COc1ccc2c(OCC[C@@H]3NC(=O)N(C)CCCC/C=C\[C@@H]4C[C@@]4(C(=O)O)NC3=O)cc(-c3nc(C(C)C)cs3)nc2c1C. The summed E-state index contributed by atoms with van der Waals surface area (Å²) in [5, 5.41) is 19.1. The Bertz CT molecular complexity index is 1620. The number of allylic oxidation sites excluding steroid dienone is 1. The largest absolute Gasteiger partial charge is 0.496 e. The van der Waals surface area contributed by atoms with Gasteiger partial charge in [0.1, 0.15) is 33.8 Å². The first kappa shape index (κ1) is 32.2. The molecule has 1 saturated carbocycles. The molecule has 11 nitrogen and oxygen atoms in total. The first-order valence-electron chi connectivity index (χ1n) is 15.3. The van der Waals surface area contributed by atoms with E-state index in [1.807, 2.05) is 42.7 Å². The van der Waals surface area contributed by atoms with Crippen LogP contribution in [0.15, 0.2) is 35.7 Å². The smallest absolute Gasteiger partial charge is 0.330 e. The van der Waals surface area contributed by atoms with Crippen molar-refractivity contribution in [1.82, 2.24) is 25.5 Å². The van der Waals surface area contributed by atoms with Crippen LogP contribution < -0.4 is 20.1 Å². The summed E-state index contributed by atoms with van der Waals surface area (Å²) < 4.78 is 11.9. The maximum Gasteiger partial charge on any atom is 0.330 e. The molecule has 0 bridgehead atoms. The summed E-state index contributed by atoms with van der Waals surface area (Å²) in [4.78, 5) is 50.0. The van der Waals surface area contributed by atoms with Crippen molar-refractivity contribution >= 4 is 40.1 Å². The minimum Gasteiger partial charge on any atom is -0.496 e. The van der Waals surface area contributed by atoms with E-state index in [1.165, 1.54) is 11.3 Å². The quantitative estimate of drug-likeness (QED) is 0.284. The van der Waals surface area contributed by atoms with Crippen LogP contribution in [0.25, 0.3) is 21.6 Å². The summed E-state index contributed by atoms with van der Waals surface area (Å²) in [7, 11) is 3.30. The van der Waals surface area contributed by atoms with Gasteiger partial charge in [0.25, 0.3) is 0 Å². The summed E-state index contributed by atoms with van der Waals surface area (Å²) >= 11 is 1.51. The van der Waals surface area contributed by atoms with Crippen LogP contribution >= 0.6 is 11.3 Å². The molecule has 1 aromatic carbocycles. The Kier molecular flexibility index (Phi) is 9.62. The van der Waals surface area contributed by atoms with Crippen molar-refractivity contribution in [3.63, 3.8) is 0 Å². The van der Waals surface area contributed by atoms with Crippen LogP contribution in [-0.4, -0.2) is 76.8 Å². The minimum absolute atomic E-state index is 0.0736. The molecule has 0 unspecified atom stereocenters. The monoisotopic (exact) mass is 635 g/mol. The van der Waals surface area contributed by atoms with Crippen LogP contribution in [0.3, 0.4) is 0 Å². The number of amides is 3. The number of hydrogen-bond donors (Lipinski definition) is 3. The maximum absolute atomic E-state index is 13.5. The second kappa shape index (κ2) is 13.4. The van der Waals surface area contributed by atoms with E-state index in [4.69, 9.17) is 19.4 Å². The lowest BCUT2D eigenvalue weighted by atomic mass is 10.1. The summed E-state index contributed by atoms with van der Waals surface area (Å²) in [6, 6.07) is 4.18. The van der Waals surface area contributed by atoms with Gasteiger partial charge in [0.2, 0.25) is 5.91 Å². The zero-order valence-electron chi connectivity index (χ0n) is 26.4. The lowest BCUT2D eigenvalue weighted by Crippen LogP contribution is -2.55. The molecular weight excluding hydrogens is 594 g/mol. The summed E-state index contributed by atoms with van der Waals surface area (Å²) in [6.07, 6.45) is 6.74. The van der Waals surface area contributed by atoms with Gasteiger partial charge in [-0.3, -0.25) is 4.79 Å².